The van der Waals surface area contributed by atoms with Crippen molar-refractivity contribution in [3.05, 3.63) is 11.6 Å². The van der Waals surface area contributed by atoms with Crippen LogP contribution in [-0.4, -0.2) is 104 Å². The number of Topliss-reactive ketones (excluding diaryl/α,β-unsaturated/α-hetero) is 2. The average Bonchev–Trinajstić information content (AvgIpc) is 3.74. The standard InChI is InChI=1S/C8H14N4O.C7H12N4O2.C6H12O.C5H9N3.C4H11O3P.C4H10O3S/c1-6(13)5-12-7(8(2,3)4)9-10-11-12;1-7(2,3)6-8-10-11(9-6)4-5(12)13;1-5(7)6(2,3)4;1-4(2)5-6-3-7-8-5;2*1-4(2,3)8(5,6)7/h5H2,1-4H3;4H2,1-3H3,(H,12,13);1-4H3;4H,3H2,1-2H3;1-3H3,(H2,5,6,7);1-3H3,(H,5,6,7)/p+1. The first kappa shape index (κ1) is 57.6. The van der Waals surface area contributed by atoms with Crippen molar-refractivity contribution in [2.75, 3.05) is 6.67 Å². The Labute approximate surface area is 337 Å². The van der Waals surface area contributed by atoms with E-state index in [2.05, 4.69) is 60.0 Å². The van der Waals surface area contributed by atoms with Gasteiger partial charge in [-0.3, -0.25) is 23.5 Å². The van der Waals surface area contributed by atoms with Gasteiger partial charge in [0, 0.05) is 16.7 Å². The summed E-state index contributed by atoms with van der Waals surface area (Å²) >= 11 is 0. The lowest BCUT2D eigenvalue weighted by atomic mass is 9.92. The summed E-state index contributed by atoms with van der Waals surface area (Å²) in [6, 6.07) is 0. The molecule has 0 radical (unpaired) electrons. The molecule has 0 spiro atoms. The number of rotatable bonds is 5. The van der Waals surface area contributed by atoms with Crippen LogP contribution < -0.4 is 4.68 Å². The van der Waals surface area contributed by atoms with Crippen molar-refractivity contribution in [2.45, 2.75) is 165 Å². The van der Waals surface area contributed by atoms with E-state index in [1.165, 1.54) is 41.5 Å². The lowest BCUT2D eigenvalue weighted by Crippen LogP contribution is -2.46. The maximum atomic E-state index is 10.9. The number of amidine groups is 1. The van der Waals surface area contributed by atoms with Crippen molar-refractivity contribution in [2.24, 2.45) is 26.6 Å². The van der Waals surface area contributed by atoms with Gasteiger partial charge in [0.2, 0.25) is 0 Å². The Morgan fingerprint density at radius 1 is 0.877 bits per heavy atom. The van der Waals surface area contributed by atoms with E-state index in [1.54, 1.807) is 18.5 Å². The van der Waals surface area contributed by atoms with E-state index < -0.39 is 33.6 Å². The van der Waals surface area contributed by atoms with Gasteiger partial charge in [0.05, 0.1) is 15.3 Å². The van der Waals surface area contributed by atoms with E-state index in [0.717, 1.165) is 16.5 Å². The molecule has 1 aliphatic rings. The van der Waals surface area contributed by atoms with Gasteiger partial charge in [-0.1, -0.05) is 60.6 Å². The van der Waals surface area contributed by atoms with Crippen molar-refractivity contribution in [1.82, 2.24) is 35.7 Å². The average molecular weight is 855 g/mol. The number of H-pyrrole nitrogens is 1. The Balaban J connectivity index is -0.000000626. The molecule has 5 N–H and O–H groups in total. The Bertz CT molecular complexity index is 1780. The van der Waals surface area contributed by atoms with Crippen LogP contribution in [0.1, 0.15) is 143 Å². The van der Waals surface area contributed by atoms with E-state index >= 15 is 0 Å². The van der Waals surface area contributed by atoms with Crippen LogP contribution in [-0.2, 0) is 53.0 Å². The van der Waals surface area contributed by atoms with Gasteiger partial charge in [-0.15, -0.1) is 15.3 Å². The number of carboxylic acids is 1. The number of aliphatic carboxylic acids is 1. The summed E-state index contributed by atoms with van der Waals surface area (Å²) < 4.78 is 39.7. The zero-order valence-electron chi connectivity index (χ0n) is 37.3. The molecule has 0 bridgehead atoms. The molecule has 21 nitrogen and oxygen atoms in total. The number of nitrogens with zero attached hydrogens (tertiary/aromatic N) is 10. The second-order valence-electron chi connectivity index (χ2n) is 18.1. The number of aromatic amines is 1. The summed E-state index contributed by atoms with van der Waals surface area (Å²) in [6.45, 7) is 34.3. The molecule has 3 rings (SSSR count). The van der Waals surface area contributed by atoms with E-state index in [9.17, 15) is 27.4 Å². The molecule has 0 unspecified atom stereocenters. The van der Waals surface area contributed by atoms with Gasteiger partial charge in [-0.2, -0.15) is 23.0 Å². The van der Waals surface area contributed by atoms with Crippen LogP contribution in [0.5, 0.6) is 0 Å². The van der Waals surface area contributed by atoms with Crippen molar-refractivity contribution < 1.29 is 51.5 Å². The van der Waals surface area contributed by atoms with Gasteiger partial charge in [-0.05, 0) is 81.4 Å². The smallest absolute Gasteiger partial charge is 0.330 e. The fourth-order valence-electron chi connectivity index (χ4n) is 2.38. The minimum Gasteiger partial charge on any atom is -0.480 e. The van der Waals surface area contributed by atoms with Crippen molar-refractivity contribution in [1.29, 1.82) is 0 Å². The molecular formula is C34H69N11O10PS+. The first-order chi connectivity index (χ1) is 25.1. The minimum atomic E-state index is -3.85. The number of nitrogens with one attached hydrogen (secondary N) is 1. The van der Waals surface area contributed by atoms with Gasteiger partial charge >= 0.3 is 19.4 Å². The molecule has 57 heavy (non-hydrogen) atoms. The lowest BCUT2D eigenvalue weighted by Gasteiger charge is -2.18. The molecule has 330 valence electrons. The van der Waals surface area contributed by atoms with Crippen LogP contribution in [0.15, 0.2) is 15.2 Å². The normalized spacial score (nSPS) is 13.1. The summed E-state index contributed by atoms with van der Waals surface area (Å²) in [6.07, 6.45) is 0. The highest BCUT2D eigenvalue weighted by Crippen LogP contribution is 2.49. The van der Waals surface area contributed by atoms with E-state index in [4.69, 9.17) is 19.4 Å². The number of hydrogen-bond donors (Lipinski definition) is 5. The third-order valence-corrected chi connectivity index (χ3v) is 10.0. The number of tetrazole rings is 2. The maximum absolute atomic E-state index is 10.9. The van der Waals surface area contributed by atoms with Gasteiger partial charge in [0.15, 0.2) is 30.0 Å². The third-order valence-electron chi connectivity index (χ3n) is 6.71. The monoisotopic (exact) mass is 854 g/mol. The van der Waals surface area contributed by atoms with E-state index in [-0.39, 0.29) is 34.4 Å². The van der Waals surface area contributed by atoms with Crippen molar-refractivity contribution in [3.8, 4) is 0 Å². The van der Waals surface area contributed by atoms with Crippen LogP contribution in [0, 0.1) is 11.3 Å². The number of ketones is 2. The molecule has 0 amide bonds. The van der Waals surface area contributed by atoms with Crippen LogP contribution in [0.25, 0.3) is 0 Å². The first-order valence-electron chi connectivity index (χ1n) is 17.8. The number of carboxylic acid groups (broad SMARTS) is 1. The fourth-order valence-corrected chi connectivity index (χ4v) is 2.38. The summed E-state index contributed by atoms with van der Waals surface area (Å²) in [4.78, 5) is 53.7. The predicted octanol–water partition coefficient (Wildman–Crippen LogP) is 4.75. The zero-order chi connectivity index (χ0) is 46.2. The summed E-state index contributed by atoms with van der Waals surface area (Å²) in [5, 5.41) is 36.7. The summed E-state index contributed by atoms with van der Waals surface area (Å²) in [5.41, 5.74) is -0.431. The van der Waals surface area contributed by atoms with Crippen LogP contribution in [0.3, 0.4) is 0 Å². The van der Waals surface area contributed by atoms with Crippen molar-refractivity contribution >= 4 is 41.1 Å². The first-order valence-corrected chi connectivity index (χ1v) is 20.9. The van der Waals surface area contributed by atoms with E-state index in [0.29, 0.717) is 25.0 Å². The second-order valence-corrected chi connectivity index (χ2v) is 22.7. The quantitative estimate of drug-likeness (QED) is 0.154. The zero-order valence-corrected chi connectivity index (χ0v) is 39.0. The number of carbonyl (C=O) groups is 3. The molecule has 0 atom stereocenters. The minimum absolute atomic E-state index is 0.0848. The number of hydrogen-bond acceptors (Lipinski definition) is 14. The molecule has 2 aromatic heterocycles. The van der Waals surface area contributed by atoms with Gasteiger partial charge in [-0.25, -0.2) is 4.99 Å². The third kappa shape index (κ3) is 26.8. The topological polar surface area (TPSA) is 309 Å². The molecule has 0 aliphatic carbocycles. The number of aliphatic imine (C=N–C) groups is 1. The Morgan fingerprint density at radius 2 is 1.32 bits per heavy atom. The molecule has 23 heteroatoms. The predicted molar refractivity (Wildman–Crippen MR) is 215 cm³/mol. The Hall–Kier alpha value is -3.72. The SMILES string of the molecule is CC(=O)C(C)(C)C.CC(=O)C[n+]1[nH]nnc1C(C)(C)C.CC(C)(C)P(=O)(O)O.CC(C)(C)S(=O)(=O)O.CC(C)(C)c1nnn(CC(=O)O)n1.CC(C)C1=NCN=N1. The molecule has 0 fully saturated rings. The van der Waals surface area contributed by atoms with Crippen molar-refractivity contribution in [3.63, 3.8) is 0 Å². The molecule has 0 aromatic carbocycles. The summed E-state index contributed by atoms with van der Waals surface area (Å²) in [7, 11) is -7.69. The lowest BCUT2D eigenvalue weighted by molar-refractivity contribution is -0.752. The molecule has 0 saturated heterocycles. The van der Waals surface area contributed by atoms with Crippen LogP contribution >= 0.6 is 7.60 Å². The Morgan fingerprint density at radius 3 is 1.54 bits per heavy atom. The number of carbonyl (C=O) groups excluding carboxylic acids is 2. The highest BCUT2D eigenvalue weighted by molar-refractivity contribution is 7.87. The van der Waals surface area contributed by atoms with Gasteiger partial charge < -0.3 is 14.9 Å². The number of aromatic nitrogens is 8. The van der Waals surface area contributed by atoms with Gasteiger partial charge in [0.1, 0.15) is 23.3 Å². The molecule has 1 aliphatic heterocycles. The second kappa shape index (κ2) is 23.0. The molecule has 0 saturated carbocycles. The molecule has 2 aromatic rings. The molecule has 3 heterocycles. The largest absolute Gasteiger partial charge is 0.480 e. The highest BCUT2D eigenvalue weighted by atomic mass is 32.2. The number of azo groups is 1. The maximum Gasteiger partial charge on any atom is 0.330 e. The fraction of sp³-hybridized carbons (Fsp3) is 0.824. The van der Waals surface area contributed by atoms with Crippen LogP contribution in [0.2, 0.25) is 0 Å². The summed E-state index contributed by atoms with van der Waals surface area (Å²) in [5.74, 6) is 2.01. The Kier molecular flexibility index (Phi) is 23.3. The van der Waals surface area contributed by atoms with Crippen LogP contribution in [0.4, 0.5) is 0 Å². The van der Waals surface area contributed by atoms with Gasteiger partial charge in [0.25, 0.3) is 10.1 Å². The highest BCUT2D eigenvalue weighted by Gasteiger charge is 2.32. The van der Waals surface area contributed by atoms with E-state index in [1.807, 2.05) is 62.3 Å². The molecular weight excluding hydrogens is 785 g/mol.